The minimum Gasteiger partial charge on any atom is -0.310 e. The van der Waals surface area contributed by atoms with Crippen molar-refractivity contribution in [3.05, 3.63) is 35.4 Å². The molecule has 0 spiro atoms. The van der Waals surface area contributed by atoms with Gasteiger partial charge in [-0.3, -0.25) is 0 Å². The van der Waals surface area contributed by atoms with Gasteiger partial charge in [-0.05, 0) is 31.9 Å². The van der Waals surface area contributed by atoms with Crippen molar-refractivity contribution in [1.29, 1.82) is 0 Å². The van der Waals surface area contributed by atoms with Crippen LogP contribution in [0.1, 0.15) is 37.8 Å². The average Bonchev–Trinajstić information content (AvgIpc) is 3.06. The lowest BCUT2D eigenvalue weighted by Gasteiger charge is -2.15. The van der Waals surface area contributed by atoms with Crippen LogP contribution in [0.3, 0.4) is 0 Å². The van der Waals surface area contributed by atoms with Crippen molar-refractivity contribution in [2.75, 3.05) is 6.54 Å². The predicted octanol–water partition coefficient (Wildman–Crippen LogP) is 3.42. The van der Waals surface area contributed by atoms with Gasteiger partial charge in [0.25, 0.3) is 0 Å². The van der Waals surface area contributed by atoms with Crippen LogP contribution < -0.4 is 5.32 Å². The van der Waals surface area contributed by atoms with Gasteiger partial charge in [0, 0.05) is 11.6 Å². The van der Waals surface area contributed by atoms with Gasteiger partial charge >= 0.3 is 0 Å². The predicted molar refractivity (Wildman–Crippen MR) is 60.1 cm³/mol. The maximum atomic E-state index is 13.4. The van der Waals surface area contributed by atoms with Crippen molar-refractivity contribution in [3.8, 4) is 0 Å². The van der Waals surface area contributed by atoms with Crippen LogP contribution in [0.25, 0.3) is 0 Å². The zero-order valence-electron chi connectivity index (χ0n) is 9.47. The van der Waals surface area contributed by atoms with Gasteiger partial charge in [-0.1, -0.05) is 25.0 Å². The van der Waals surface area contributed by atoms with Crippen molar-refractivity contribution in [2.24, 2.45) is 5.92 Å². The Bertz CT molecular complexity index is 361. The van der Waals surface area contributed by atoms with Gasteiger partial charge in [-0.2, -0.15) is 0 Å². The lowest BCUT2D eigenvalue weighted by Crippen LogP contribution is -2.21. The maximum Gasteiger partial charge on any atom is 0.163 e. The van der Waals surface area contributed by atoms with Crippen molar-refractivity contribution in [2.45, 2.75) is 32.2 Å². The lowest BCUT2D eigenvalue weighted by atomic mass is 10.1. The summed E-state index contributed by atoms with van der Waals surface area (Å²) in [7, 11) is 0. The van der Waals surface area contributed by atoms with Crippen molar-refractivity contribution >= 4 is 0 Å². The Morgan fingerprint density at radius 2 is 2.12 bits per heavy atom. The third kappa shape index (κ3) is 2.79. The van der Waals surface area contributed by atoms with Crippen LogP contribution in [0.4, 0.5) is 8.78 Å². The summed E-state index contributed by atoms with van der Waals surface area (Å²) in [4.78, 5) is 0. The van der Waals surface area contributed by atoms with E-state index < -0.39 is 11.6 Å². The molecule has 1 aliphatic rings. The summed E-state index contributed by atoms with van der Waals surface area (Å²) in [5.41, 5.74) is 0.413. The fourth-order valence-electron chi connectivity index (χ4n) is 1.88. The Kier molecular flexibility index (Phi) is 3.54. The molecule has 3 heteroatoms. The lowest BCUT2D eigenvalue weighted by molar-refractivity contribution is 0.468. The first-order valence-electron chi connectivity index (χ1n) is 5.85. The standard InChI is InChI=1S/C13H17F2N/c1-9(16-8-7-10-5-6-10)11-3-2-4-12(14)13(11)15/h2-4,9-10,16H,5-8H2,1H3. The first-order valence-corrected chi connectivity index (χ1v) is 5.85. The molecule has 1 fully saturated rings. The molecular weight excluding hydrogens is 208 g/mol. The molecule has 1 unspecified atom stereocenters. The van der Waals surface area contributed by atoms with Crippen LogP contribution in [0.5, 0.6) is 0 Å². The molecule has 0 bridgehead atoms. The van der Waals surface area contributed by atoms with Gasteiger partial charge in [-0.25, -0.2) is 8.78 Å². The first kappa shape index (κ1) is 11.5. The van der Waals surface area contributed by atoms with E-state index in [1.54, 1.807) is 12.1 Å². The largest absolute Gasteiger partial charge is 0.310 e. The Balaban J connectivity index is 1.91. The highest BCUT2D eigenvalue weighted by molar-refractivity contribution is 5.21. The number of hydrogen-bond acceptors (Lipinski definition) is 1. The molecule has 1 aromatic rings. The van der Waals surface area contributed by atoms with Crippen LogP contribution in [0.15, 0.2) is 18.2 Å². The van der Waals surface area contributed by atoms with Crippen LogP contribution >= 0.6 is 0 Å². The number of hydrogen-bond donors (Lipinski definition) is 1. The van der Waals surface area contributed by atoms with E-state index in [2.05, 4.69) is 5.32 Å². The van der Waals surface area contributed by atoms with Gasteiger partial charge in [0.2, 0.25) is 0 Å². The number of rotatable bonds is 5. The fourth-order valence-corrected chi connectivity index (χ4v) is 1.88. The summed E-state index contributed by atoms with van der Waals surface area (Å²) in [6, 6.07) is 4.20. The summed E-state index contributed by atoms with van der Waals surface area (Å²) in [6.45, 7) is 2.74. The van der Waals surface area contributed by atoms with E-state index in [1.165, 1.54) is 12.8 Å². The molecule has 0 amide bonds. The maximum absolute atomic E-state index is 13.4. The molecule has 0 radical (unpaired) electrons. The second kappa shape index (κ2) is 4.91. The molecule has 2 rings (SSSR count). The third-order valence-corrected chi connectivity index (χ3v) is 3.15. The van der Waals surface area contributed by atoms with Crippen molar-refractivity contribution < 1.29 is 8.78 Å². The van der Waals surface area contributed by atoms with Crippen molar-refractivity contribution in [1.82, 2.24) is 5.32 Å². The molecule has 1 N–H and O–H groups in total. The quantitative estimate of drug-likeness (QED) is 0.809. The molecule has 1 aliphatic carbocycles. The van der Waals surface area contributed by atoms with E-state index in [1.807, 2.05) is 6.92 Å². The molecule has 0 aliphatic heterocycles. The third-order valence-electron chi connectivity index (χ3n) is 3.15. The summed E-state index contributed by atoms with van der Waals surface area (Å²) >= 11 is 0. The van der Waals surface area contributed by atoms with E-state index in [0.29, 0.717) is 5.56 Å². The van der Waals surface area contributed by atoms with E-state index in [-0.39, 0.29) is 6.04 Å². The summed E-state index contributed by atoms with van der Waals surface area (Å²) in [5.74, 6) is -0.640. The normalized spacial score (nSPS) is 17.4. The SMILES string of the molecule is CC(NCCC1CC1)c1cccc(F)c1F. The summed E-state index contributed by atoms with van der Waals surface area (Å²) in [5, 5.41) is 3.23. The smallest absolute Gasteiger partial charge is 0.163 e. The minimum atomic E-state index is -0.770. The number of nitrogens with one attached hydrogen (secondary N) is 1. The Morgan fingerprint density at radius 3 is 2.81 bits per heavy atom. The topological polar surface area (TPSA) is 12.0 Å². The molecule has 1 saturated carbocycles. The second-order valence-electron chi connectivity index (χ2n) is 4.55. The van der Waals surface area contributed by atoms with Gasteiger partial charge in [-0.15, -0.1) is 0 Å². The van der Waals surface area contributed by atoms with Crippen molar-refractivity contribution in [3.63, 3.8) is 0 Å². The highest BCUT2D eigenvalue weighted by atomic mass is 19.2. The molecule has 0 saturated heterocycles. The minimum absolute atomic E-state index is 0.130. The molecule has 88 valence electrons. The highest BCUT2D eigenvalue weighted by Gasteiger charge is 2.21. The van der Waals surface area contributed by atoms with Gasteiger partial charge in [0.05, 0.1) is 0 Å². The highest BCUT2D eigenvalue weighted by Crippen LogP contribution is 2.32. The molecule has 0 aromatic heterocycles. The number of benzene rings is 1. The van der Waals surface area contributed by atoms with Gasteiger partial charge < -0.3 is 5.32 Å². The molecule has 1 nitrogen and oxygen atoms in total. The molecular formula is C13H17F2N. The first-order chi connectivity index (χ1) is 7.68. The zero-order valence-corrected chi connectivity index (χ0v) is 9.47. The van der Waals surface area contributed by atoms with E-state index in [4.69, 9.17) is 0 Å². The van der Waals surface area contributed by atoms with E-state index in [0.717, 1.165) is 24.9 Å². The van der Waals surface area contributed by atoms with Gasteiger partial charge in [0.1, 0.15) is 0 Å². The molecule has 1 aromatic carbocycles. The summed E-state index contributed by atoms with van der Waals surface area (Å²) < 4.78 is 26.4. The molecule has 0 heterocycles. The van der Waals surface area contributed by atoms with E-state index in [9.17, 15) is 8.78 Å². The van der Waals surface area contributed by atoms with Crippen LogP contribution in [-0.4, -0.2) is 6.54 Å². The van der Waals surface area contributed by atoms with Crippen LogP contribution in [-0.2, 0) is 0 Å². The zero-order chi connectivity index (χ0) is 11.5. The summed E-state index contributed by atoms with van der Waals surface area (Å²) in [6.07, 6.45) is 3.79. The molecule has 16 heavy (non-hydrogen) atoms. The Hall–Kier alpha value is -0.960. The monoisotopic (exact) mass is 225 g/mol. The fraction of sp³-hybridized carbons (Fsp3) is 0.538. The van der Waals surface area contributed by atoms with Gasteiger partial charge in [0.15, 0.2) is 11.6 Å². The average molecular weight is 225 g/mol. The molecule has 1 atom stereocenters. The van der Waals surface area contributed by atoms with E-state index >= 15 is 0 Å². The van der Waals surface area contributed by atoms with Crippen LogP contribution in [0, 0.1) is 17.6 Å². The Labute approximate surface area is 94.9 Å². The van der Waals surface area contributed by atoms with Crippen LogP contribution in [0.2, 0.25) is 0 Å². The second-order valence-corrected chi connectivity index (χ2v) is 4.55. The number of halogens is 2. The Morgan fingerprint density at radius 1 is 1.38 bits per heavy atom.